The van der Waals surface area contributed by atoms with Crippen molar-refractivity contribution in [1.29, 1.82) is 0 Å². The lowest BCUT2D eigenvalue weighted by atomic mass is 10.0. The van der Waals surface area contributed by atoms with Crippen LogP contribution in [0.1, 0.15) is 0 Å². The minimum atomic E-state index is 1.13. The van der Waals surface area contributed by atoms with E-state index in [1.807, 2.05) is 0 Å². The molecule has 1 aliphatic heterocycles. The van der Waals surface area contributed by atoms with Gasteiger partial charge in [-0.05, 0) is 22.9 Å². The summed E-state index contributed by atoms with van der Waals surface area (Å²) in [6.45, 7) is 0. The molecule has 2 heteroatoms. The molecular weight excluding hydrogens is 268 g/mol. The van der Waals surface area contributed by atoms with Crippen LogP contribution in [0.15, 0.2) is 72.8 Å². The van der Waals surface area contributed by atoms with Crippen molar-refractivity contribution in [2.45, 2.75) is 0 Å². The van der Waals surface area contributed by atoms with E-state index in [1.165, 1.54) is 21.5 Å². The number of rotatable bonds is 0. The quantitative estimate of drug-likeness (QED) is 0.375. The summed E-state index contributed by atoms with van der Waals surface area (Å²) < 4.78 is 0. The molecule has 2 nitrogen and oxygen atoms in total. The van der Waals surface area contributed by atoms with Gasteiger partial charge < -0.3 is 10.6 Å². The lowest BCUT2D eigenvalue weighted by Gasteiger charge is -2.25. The van der Waals surface area contributed by atoms with Gasteiger partial charge in [0.15, 0.2) is 0 Å². The van der Waals surface area contributed by atoms with Crippen molar-refractivity contribution < 1.29 is 0 Å². The van der Waals surface area contributed by atoms with Crippen LogP contribution < -0.4 is 10.6 Å². The zero-order valence-electron chi connectivity index (χ0n) is 11.9. The van der Waals surface area contributed by atoms with E-state index in [4.69, 9.17) is 0 Å². The van der Waals surface area contributed by atoms with Crippen LogP contribution in [-0.4, -0.2) is 0 Å². The molecule has 0 atom stereocenters. The number of nitrogens with one attached hydrogen (secondary N) is 2. The Bertz CT molecular complexity index is 949. The first-order valence-electron chi connectivity index (χ1n) is 7.48. The van der Waals surface area contributed by atoms with Crippen LogP contribution in [0, 0.1) is 0 Å². The van der Waals surface area contributed by atoms with Crippen LogP contribution in [0.25, 0.3) is 21.5 Å². The summed E-state index contributed by atoms with van der Waals surface area (Å²) in [4.78, 5) is 0. The summed E-state index contributed by atoms with van der Waals surface area (Å²) >= 11 is 0. The molecule has 4 aromatic rings. The molecule has 0 aliphatic carbocycles. The van der Waals surface area contributed by atoms with Crippen molar-refractivity contribution in [3.8, 4) is 0 Å². The van der Waals surface area contributed by atoms with Gasteiger partial charge >= 0.3 is 0 Å². The largest absolute Gasteiger partial charge is 0.352 e. The van der Waals surface area contributed by atoms with Crippen LogP contribution in [0.4, 0.5) is 22.7 Å². The SMILES string of the molecule is c1ccc2c3c(ccc2c1)Nc1c(ccc2ccccc12)N3. The zero-order valence-corrected chi connectivity index (χ0v) is 11.9. The van der Waals surface area contributed by atoms with Gasteiger partial charge in [-0.25, -0.2) is 0 Å². The van der Waals surface area contributed by atoms with Crippen molar-refractivity contribution in [2.24, 2.45) is 0 Å². The number of hydrogen-bond acceptors (Lipinski definition) is 2. The summed E-state index contributed by atoms with van der Waals surface area (Å²) in [5.41, 5.74) is 4.56. The summed E-state index contributed by atoms with van der Waals surface area (Å²) in [7, 11) is 0. The van der Waals surface area contributed by atoms with E-state index < -0.39 is 0 Å². The fourth-order valence-electron chi connectivity index (χ4n) is 3.29. The van der Waals surface area contributed by atoms with Gasteiger partial charge in [-0.2, -0.15) is 0 Å². The molecule has 1 aliphatic rings. The Hall–Kier alpha value is -3.00. The molecule has 0 bridgehead atoms. The van der Waals surface area contributed by atoms with Gasteiger partial charge in [0, 0.05) is 10.8 Å². The van der Waals surface area contributed by atoms with Gasteiger partial charge in [-0.15, -0.1) is 0 Å². The lowest BCUT2D eigenvalue weighted by Crippen LogP contribution is -2.07. The molecule has 0 saturated heterocycles. The van der Waals surface area contributed by atoms with Gasteiger partial charge in [0.1, 0.15) is 0 Å². The summed E-state index contributed by atoms with van der Waals surface area (Å²) in [6.07, 6.45) is 0. The van der Waals surface area contributed by atoms with Gasteiger partial charge in [-0.1, -0.05) is 60.7 Å². The molecule has 5 rings (SSSR count). The molecule has 4 aromatic carbocycles. The number of benzene rings is 4. The molecule has 0 spiro atoms. The normalized spacial score (nSPS) is 12.4. The second-order valence-corrected chi connectivity index (χ2v) is 5.67. The van der Waals surface area contributed by atoms with E-state index in [1.54, 1.807) is 0 Å². The van der Waals surface area contributed by atoms with Gasteiger partial charge in [0.05, 0.1) is 22.7 Å². The van der Waals surface area contributed by atoms with Crippen molar-refractivity contribution in [2.75, 3.05) is 10.6 Å². The summed E-state index contributed by atoms with van der Waals surface area (Å²) in [5.74, 6) is 0. The number of anilines is 4. The summed E-state index contributed by atoms with van der Waals surface area (Å²) in [6, 6.07) is 25.6. The predicted octanol–water partition coefficient (Wildman–Crippen LogP) is 5.79. The van der Waals surface area contributed by atoms with E-state index in [-0.39, 0.29) is 0 Å². The van der Waals surface area contributed by atoms with Crippen LogP contribution >= 0.6 is 0 Å². The maximum absolute atomic E-state index is 3.61. The highest BCUT2D eigenvalue weighted by Gasteiger charge is 2.18. The third kappa shape index (κ3) is 1.55. The monoisotopic (exact) mass is 282 g/mol. The minimum Gasteiger partial charge on any atom is -0.352 e. The van der Waals surface area contributed by atoms with Crippen LogP contribution in [0.2, 0.25) is 0 Å². The molecule has 0 radical (unpaired) electrons. The predicted molar refractivity (Wildman–Crippen MR) is 94.5 cm³/mol. The molecule has 104 valence electrons. The molecule has 1 heterocycles. The molecule has 0 fully saturated rings. The third-order valence-electron chi connectivity index (χ3n) is 4.38. The van der Waals surface area contributed by atoms with Crippen molar-refractivity contribution >= 4 is 44.3 Å². The first-order chi connectivity index (χ1) is 10.9. The van der Waals surface area contributed by atoms with E-state index in [0.717, 1.165) is 22.7 Å². The molecule has 0 amide bonds. The van der Waals surface area contributed by atoms with Gasteiger partial charge in [0.2, 0.25) is 0 Å². The molecule has 0 aromatic heterocycles. The topological polar surface area (TPSA) is 24.1 Å². The second kappa shape index (κ2) is 4.25. The highest BCUT2D eigenvalue weighted by Crippen LogP contribution is 2.45. The third-order valence-corrected chi connectivity index (χ3v) is 4.38. The number of fused-ring (bicyclic) bond motifs is 6. The molecule has 0 saturated carbocycles. The lowest BCUT2D eigenvalue weighted by molar-refractivity contribution is 1.49. The van der Waals surface area contributed by atoms with Crippen molar-refractivity contribution in [1.82, 2.24) is 0 Å². The second-order valence-electron chi connectivity index (χ2n) is 5.67. The molecular formula is C20H14N2. The van der Waals surface area contributed by atoms with E-state index in [2.05, 4.69) is 83.4 Å². The Morgan fingerprint density at radius 2 is 0.909 bits per heavy atom. The fraction of sp³-hybridized carbons (Fsp3) is 0. The highest BCUT2D eigenvalue weighted by atomic mass is 15.0. The smallest absolute Gasteiger partial charge is 0.0703 e. The standard InChI is InChI=1S/C20H14N2/c1-3-7-15-13(5-1)9-11-17-19(15)21-18-12-10-14-6-2-4-8-16(14)20(18)22-17/h1-12,21-22H. The van der Waals surface area contributed by atoms with Gasteiger partial charge in [0.25, 0.3) is 0 Å². The Kier molecular flexibility index (Phi) is 2.25. The Balaban J connectivity index is 1.78. The van der Waals surface area contributed by atoms with E-state index >= 15 is 0 Å². The number of hydrogen-bond donors (Lipinski definition) is 2. The maximum atomic E-state index is 3.61. The van der Waals surface area contributed by atoms with Crippen molar-refractivity contribution in [3.63, 3.8) is 0 Å². The zero-order chi connectivity index (χ0) is 14.5. The first-order valence-corrected chi connectivity index (χ1v) is 7.48. The Morgan fingerprint density at radius 1 is 0.455 bits per heavy atom. The first kappa shape index (κ1) is 11.6. The Labute approximate surface area is 128 Å². The highest BCUT2D eigenvalue weighted by molar-refractivity contribution is 6.11. The average molecular weight is 282 g/mol. The molecule has 2 N–H and O–H groups in total. The molecule has 22 heavy (non-hydrogen) atoms. The fourth-order valence-corrected chi connectivity index (χ4v) is 3.29. The van der Waals surface area contributed by atoms with Crippen LogP contribution in [-0.2, 0) is 0 Å². The molecule has 0 unspecified atom stereocenters. The van der Waals surface area contributed by atoms with E-state index in [9.17, 15) is 0 Å². The minimum absolute atomic E-state index is 1.13. The van der Waals surface area contributed by atoms with Crippen LogP contribution in [0.3, 0.4) is 0 Å². The maximum Gasteiger partial charge on any atom is 0.0703 e. The van der Waals surface area contributed by atoms with E-state index in [0.29, 0.717) is 0 Å². The van der Waals surface area contributed by atoms with Crippen LogP contribution in [0.5, 0.6) is 0 Å². The van der Waals surface area contributed by atoms with Crippen molar-refractivity contribution in [3.05, 3.63) is 72.8 Å². The average Bonchev–Trinajstić information content (AvgIpc) is 2.60. The Morgan fingerprint density at radius 3 is 1.41 bits per heavy atom. The summed E-state index contributed by atoms with van der Waals surface area (Å²) in [5, 5.41) is 12.2. The van der Waals surface area contributed by atoms with Gasteiger partial charge in [-0.3, -0.25) is 0 Å².